The molecule has 1 fully saturated rings. The van der Waals surface area contributed by atoms with Gasteiger partial charge in [0.2, 0.25) is 10.0 Å². The lowest BCUT2D eigenvalue weighted by molar-refractivity contribution is 0.0595. The number of nitrogens with one attached hydrogen (secondary N) is 2. The highest BCUT2D eigenvalue weighted by Crippen LogP contribution is 2.27. The van der Waals surface area contributed by atoms with Crippen molar-refractivity contribution in [2.24, 2.45) is 5.92 Å². The Bertz CT molecular complexity index is 644. The molecular weight excluding hydrogens is 308 g/mol. The van der Waals surface area contributed by atoms with Crippen molar-refractivity contribution in [2.75, 3.05) is 26.7 Å². The summed E-state index contributed by atoms with van der Waals surface area (Å²) in [6.07, 6.45) is 2.01. The number of aryl methyl sites for hydroxylation is 2. The summed E-state index contributed by atoms with van der Waals surface area (Å²) in [7, 11) is -2.62. The summed E-state index contributed by atoms with van der Waals surface area (Å²) in [6.45, 7) is 5.16. The van der Waals surface area contributed by atoms with E-state index in [1.807, 2.05) is 0 Å². The first-order chi connectivity index (χ1) is 10.4. The van der Waals surface area contributed by atoms with Gasteiger partial charge in [-0.25, -0.2) is 17.9 Å². The fraction of sp³-hybridized carbons (Fsp3) is 0.643. The average molecular weight is 330 g/mol. The maximum absolute atomic E-state index is 12.6. The normalized spacial score (nSPS) is 19.1. The zero-order valence-electron chi connectivity index (χ0n) is 13.1. The molecule has 1 aliphatic rings. The van der Waals surface area contributed by atoms with E-state index < -0.39 is 16.0 Å². The summed E-state index contributed by atoms with van der Waals surface area (Å²) in [5.74, 6) is -0.0382. The molecule has 0 aromatic carbocycles. The van der Waals surface area contributed by atoms with Crippen molar-refractivity contribution < 1.29 is 22.4 Å². The number of piperidine rings is 1. The van der Waals surface area contributed by atoms with Crippen molar-refractivity contribution in [3.63, 3.8) is 0 Å². The maximum Gasteiger partial charge on any atom is 0.342 e. The second kappa shape index (κ2) is 6.80. The monoisotopic (exact) mass is 330 g/mol. The molecule has 124 valence electrons. The molecule has 1 aromatic heterocycles. The minimum atomic E-state index is -3.83. The standard InChI is InChI=1S/C14H22N2O5S/c1-9-12(14(17)20-3)13(10(2)21-9)22(18,19)16-8-11-5-4-6-15-7-11/h11,15-16H,4-8H2,1-3H3. The topological polar surface area (TPSA) is 97.6 Å². The number of sulfonamides is 1. The fourth-order valence-electron chi connectivity index (χ4n) is 2.72. The molecule has 0 bridgehead atoms. The molecule has 0 saturated carbocycles. The van der Waals surface area contributed by atoms with E-state index in [1.54, 1.807) is 6.92 Å². The molecule has 2 rings (SSSR count). The van der Waals surface area contributed by atoms with Gasteiger partial charge in [0.1, 0.15) is 22.0 Å². The van der Waals surface area contributed by atoms with E-state index in [0.29, 0.717) is 6.54 Å². The molecule has 2 heterocycles. The van der Waals surface area contributed by atoms with Crippen molar-refractivity contribution in [3.05, 3.63) is 17.1 Å². The number of carbonyl (C=O) groups is 1. The molecule has 8 heteroatoms. The first-order valence-corrected chi connectivity index (χ1v) is 8.73. The number of methoxy groups -OCH3 is 1. The van der Waals surface area contributed by atoms with Gasteiger partial charge >= 0.3 is 5.97 Å². The molecule has 1 unspecified atom stereocenters. The van der Waals surface area contributed by atoms with Crippen LogP contribution in [0.15, 0.2) is 9.31 Å². The van der Waals surface area contributed by atoms with Crippen LogP contribution in [-0.4, -0.2) is 41.1 Å². The van der Waals surface area contributed by atoms with Crippen LogP contribution < -0.4 is 10.0 Å². The van der Waals surface area contributed by atoms with E-state index in [1.165, 1.54) is 14.0 Å². The number of ether oxygens (including phenoxy) is 1. The van der Waals surface area contributed by atoms with E-state index in [2.05, 4.69) is 14.8 Å². The number of hydrogen-bond donors (Lipinski definition) is 2. The van der Waals surface area contributed by atoms with Crippen molar-refractivity contribution in [1.82, 2.24) is 10.0 Å². The Labute approximate surface area is 130 Å². The second-order valence-corrected chi connectivity index (χ2v) is 7.18. The van der Waals surface area contributed by atoms with Crippen molar-refractivity contribution >= 4 is 16.0 Å². The number of esters is 1. The summed E-state index contributed by atoms with van der Waals surface area (Å²) < 4.78 is 37.7. The third-order valence-electron chi connectivity index (χ3n) is 3.82. The Kier molecular flexibility index (Phi) is 5.25. The fourth-order valence-corrected chi connectivity index (χ4v) is 4.24. The Morgan fingerprint density at radius 2 is 2.14 bits per heavy atom. The van der Waals surface area contributed by atoms with E-state index in [9.17, 15) is 13.2 Å². The van der Waals surface area contributed by atoms with Crippen molar-refractivity contribution in [1.29, 1.82) is 0 Å². The van der Waals surface area contributed by atoms with Crippen LogP contribution in [0.2, 0.25) is 0 Å². The van der Waals surface area contributed by atoms with Crippen LogP contribution in [0, 0.1) is 19.8 Å². The second-order valence-electron chi connectivity index (χ2n) is 5.47. The lowest BCUT2D eigenvalue weighted by Crippen LogP contribution is -2.38. The average Bonchev–Trinajstić information content (AvgIpc) is 2.81. The van der Waals surface area contributed by atoms with Crippen LogP contribution in [0.4, 0.5) is 0 Å². The van der Waals surface area contributed by atoms with Crippen LogP contribution in [0.5, 0.6) is 0 Å². The molecule has 1 saturated heterocycles. The molecule has 1 aromatic rings. The molecule has 0 spiro atoms. The van der Waals surface area contributed by atoms with E-state index in [0.717, 1.165) is 25.9 Å². The molecule has 0 aliphatic carbocycles. The number of rotatable bonds is 5. The molecule has 1 atom stereocenters. The van der Waals surface area contributed by atoms with Crippen LogP contribution in [0.1, 0.15) is 34.7 Å². The SMILES string of the molecule is COC(=O)c1c(C)oc(C)c1S(=O)(=O)NCC1CCCNC1. The first-order valence-electron chi connectivity index (χ1n) is 7.25. The van der Waals surface area contributed by atoms with E-state index >= 15 is 0 Å². The van der Waals surface area contributed by atoms with Gasteiger partial charge in [-0.2, -0.15) is 0 Å². The summed E-state index contributed by atoms with van der Waals surface area (Å²) in [6, 6.07) is 0. The summed E-state index contributed by atoms with van der Waals surface area (Å²) in [5, 5.41) is 3.24. The van der Waals surface area contributed by atoms with Gasteiger partial charge in [-0.1, -0.05) is 0 Å². The van der Waals surface area contributed by atoms with Crippen LogP contribution >= 0.6 is 0 Å². The first kappa shape index (κ1) is 17.0. The molecule has 0 amide bonds. The van der Waals surface area contributed by atoms with Gasteiger partial charge in [-0.15, -0.1) is 0 Å². The number of carbonyl (C=O) groups excluding carboxylic acids is 1. The molecular formula is C14H22N2O5S. The van der Waals surface area contributed by atoms with Gasteiger partial charge in [0.05, 0.1) is 7.11 Å². The minimum absolute atomic E-state index is 0.0331. The van der Waals surface area contributed by atoms with Gasteiger partial charge in [0.15, 0.2) is 0 Å². The lowest BCUT2D eigenvalue weighted by Gasteiger charge is -2.22. The zero-order valence-corrected chi connectivity index (χ0v) is 13.9. The number of furan rings is 1. The molecule has 2 N–H and O–H groups in total. The van der Waals surface area contributed by atoms with Crippen LogP contribution in [0.25, 0.3) is 0 Å². The van der Waals surface area contributed by atoms with Gasteiger partial charge < -0.3 is 14.5 Å². The molecule has 7 nitrogen and oxygen atoms in total. The van der Waals surface area contributed by atoms with Crippen LogP contribution in [-0.2, 0) is 14.8 Å². The molecule has 0 radical (unpaired) electrons. The Morgan fingerprint density at radius 1 is 1.41 bits per heavy atom. The Hall–Kier alpha value is -1.38. The highest BCUT2D eigenvalue weighted by Gasteiger charge is 2.31. The quantitative estimate of drug-likeness (QED) is 0.781. The maximum atomic E-state index is 12.6. The summed E-state index contributed by atoms with van der Waals surface area (Å²) in [5.41, 5.74) is -0.0331. The van der Waals surface area contributed by atoms with Gasteiger partial charge in [-0.3, -0.25) is 0 Å². The Balaban J connectivity index is 2.23. The smallest absolute Gasteiger partial charge is 0.342 e. The van der Waals surface area contributed by atoms with E-state index in [-0.39, 0.29) is 27.9 Å². The van der Waals surface area contributed by atoms with E-state index in [4.69, 9.17) is 4.42 Å². The largest absolute Gasteiger partial charge is 0.465 e. The van der Waals surface area contributed by atoms with Crippen molar-refractivity contribution in [3.8, 4) is 0 Å². The van der Waals surface area contributed by atoms with Crippen molar-refractivity contribution in [2.45, 2.75) is 31.6 Å². The summed E-state index contributed by atoms with van der Waals surface area (Å²) in [4.78, 5) is 11.7. The zero-order chi connectivity index (χ0) is 16.3. The lowest BCUT2D eigenvalue weighted by atomic mass is 10.0. The predicted octanol–water partition coefficient (Wildman–Crippen LogP) is 0.961. The predicted molar refractivity (Wildman–Crippen MR) is 80.3 cm³/mol. The Morgan fingerprint density at radius 3 is 2.73 bits per heavy atom. The molecule has 1 aliphatic heterocycles. The van der Waals surface area contributed by atoms with Gasteiger partial charge in [0.25, 0.3) is 0 Å². The van der Waals surface area contributed by atoms with Crippen LogP contribution in [0.3, 0.4) is 0 Å². The third kappa shape index (κ3) is 3.50. The summed E-state index contributed by atoms with van der Waals surface area (Å²) >= 11 is 0. The van der Waals surface area contributed by atoms with Gasteiger partial charge in [-0.05, 0) is 45.7 Å². The van der Waals surface area contributed by atoms with Gasteiger partial charge in [0, 0.05) is 6.54 Å². The highest BCUT2D eigenvalue weighted by molar-refractivity contribution is 7.89. The minimum Gasteiger partial charge on any atom is -0.465 e. The third-order valence-corrected chi connectivity index (χ3v) is 5.40. The molecule has 22 heavy (non-hydrogen) atoms. The number of hydrogen-bond acceptors (Lipinski definition) is 6. The highest BCUT2D eigenvalue weighted by atomic mass is 32.2.